The zero-order valence-electron chi connectivity index (χ0n) is 13.0. The number of ether oxygens (including phenoxy) is 1. The van der Waals surface area contributed by atoms with Gasteiger partial charge in [0, 0.05) is 42.1 Å². The number of methoxy groups -OCH3 is 1. The standard InChI is InChI=1S/C16H27NO2S/c1-13(2)14-6-8-15(9-7-14)16(17-3)12-20(18)11-5-10-19-4/h6-9,13,16-17H,5,10-12H2,1-4H3. The van der Waals surface area contributed by atoms with E-state index in [1.165, 1.54) is 11.1 Å². The van der Waals surface area contributed by atoms with E-state index in [4.69, 9.17) is 4.74 Å². The molecule has 1 N–H and O–H groups in total. The molecule has 0 bridgehead atoms. The second-order valence-electron chi connectivity index (χ2n) is 5.32. The molecule has 4 heteroatoms. The third-order valence-corrected chi connectivity index (χ3v) is 4.88. The molecule has 3 nitrogen and oxygen atoms in total. The van der Waals surface area contributed by atoms with Crippen LogP contribution in [0.4, 0.5) is 0 Å². The number of rotatable bonds is 9. The second kappa shape index (κ2) is 9.27. The Labute approximate surface area is 125 Å². The first-order valence-corrected chi connectivity index (χ1v) is 8.68. The smallest absolute Gasteiger partial charge is 0.0471 e. The topological polar surface area (TPSA) is 38.3 Å². The largest absolute Gasteiger partial charge is 0.385 e. The molecule has 2 unspecified atom stereocenters. The fourth-order valence-electron chi connectivity index (χ4n) is 2.09. The lowest BCUT2D eigenvalue weighted by Crippen LogP contribution is -2.24. The van der Waals surface area contributed by atoms with E-state index < -0.39 is 10.8 Å². The predicted molar refractivity (Wildman–Crippen MR) is 86.7 cm³/mol. The van der Waals surface area contributed by atoms with E-state index in [9.17, 15) is 4.21 Å². The lowest BCUT2D eigenvalue weighted by atomic mass is 10.00. The molecule has 20 heavy (non-hydrogen) atoms. The number of hydrogen-bond acceptors (Lipinski definition) is 3. The summed E-state index contributed by atoms with van der Waals surface area (Å²) >= 11 is 0. The monoisotopic (exact) mass is 297 g/mol. The first kappa shape index (κ1) is 17.3. The molecule has 0 spiro atoms. The fourth-order valence-corrected chi connectivity index (χ4v) is 3.43. The molecule has 1 aromatic carbocycles. The van der Waals surface area contributed by atoms with Crippen LogP contribution < -0.4 is 5.32 Å². The fraction of sp³-hybridized carbons (Fsp3) is 0.625. The number of benzene rings is 1. The van der Waals surface area contributed by atoms with Crippen molar-refractivity contribution < 1.29 is 8.95 Å². The van der Waals surface area contributed by atoms with Crippen molar-refractivity contribution in [1.82, 2.24) is 5.32 Å². The van der Waals surface area contributed by atoms with Crippen LogP contribution in [0, 0.1) is 0 Å². The van der Waals surface area contributed by atoms with E-state index in [2.05, 4.69) is 43.4 Å². The Morgan fingerprint density at radius 3 is 2.30 bits per heavy atom. The molecule has 0 aliphatic rings. The maximum Gasteiger partial charge on any atom is 0.0471 e. The van der Waals surface area contributed by atoms with Gasteiger partial charge in [-0.3, -0.25) is 4.21 Å². The van der Waals surface area contributed by atoms with Crippen LogP contribution >= 0.6 is 0 Å². The lowest BCUT2D eigenvalue weighted by molar-refractivity contribution is 0.200. The Morgan fingerprint density at radius 1 is 1.20 bits per heavy atom. The van der Waals surface area contributed by atoms with Gasteiger partial charge in [0.2, 0.25) is 0 Å². The highest BCUT2D eigenvalue weighted by Gasteiger charge is 2.13. The molecule has 0 fully saturated rings. The molecule has 1 aromatic rings. The molecule has 0 aliphatic heterocycles. The summed E-state index contributed by atoms with van der Waals surface area (Å²) in [6, 6.07) is 8.77. The van der Waals surface area contributed by atoms with Crippen molar-refractivity contribution in [2.75, 3.05) is 32.3 Å². The van der Waals surface area contributed by atoms with Crippen LogP contribution in [0.15, 0.2) is 24.3 Å². The van der Waals surface area contributed by atoms with Crippen LogP contribution in [-0.4, -0.2) is 36.5 Å². The highest BCUT2D eigenvalue weighted by Crippen LogP contribution is 2.19. The Kier molecular flexibility index (Phi) is 8.04. The molecule has 0 amide bonds. The van der Waals surface area contributed by atoms with Crippen LogP contribution in [0.3, 0.4) is 0 Å². The van der Waals surface area contributed by atoms with E-state index in [-0.39, 0.29) is 6.04 Å². The van der Waals surface area contributed by atoms with Crippen molar-refractivity contribution in [2.45, 2.75) is 32.2 Å². The molecular formula is C16H27NO2S. The van der Waals surface area contributed by atoms with Crippen molar-refractivity contribution in [2.24, 2.45) is 0 Å². The minimum Gasteiger partial charge on any atom is -0.385 e. The van der Waals surface area contributed by atoms with Crippen molar-refractivity contribution >= 4 is 10.8 Å². The summed E-state index contributed by atoms with van der Waals surface area (Å²) in [7, 11) is 2.79. The second-order valence-corrected chi connectivity index (χ2v) is 6.94. The Hall–Kier alpha value is -0.710. The average Bonchev–Trinajstić information content (AvgIpc) is 2.45. The molecule has 0 saturated carbocycles. The molecular weight excluding hydrogens is 270 g/mol. The SMILES string of the molecule is CNC(CS(=O)CCCOC)c1ccc(C(C)C)cc1. The van der Waals surface area contributed by atoms with Gasteiger partial charge in [-0.25, -0.2) is 0 Å². The number of hydrogen-bond donors (Lipinski definition) is 1. The van der Waals surface area contributed by atoms with Gasteiger partial charge in [-0.05, 0) is 30.5 Å². The van der Waals surface area contributed by atoms with E-state index in [0.717, 1.165) is 6.42 Å². The summed E-state index contributed by atoms with van der Waals surface area (Å²) < 4.78 is 17.0. The maximum absolute atomic E-state index is 12.1. The Morgan fingerprint density at radius 2 is 1.80 bits per heavy atom. The van der Waals surface area contributed by atoms with Crippen LogP contribution in [-0.2, 0) is 15.5 Å². The highest BCUT2D eigenvalue weighted by molar-refractivity contribution is 7.85. The maximum atomic E-state index is 12.1. The van der Waals surface area contributed by atoms with Gasteiger partial charge >= 0.3 is 0 Å². The summed E-state index contributed by atoms with van der Waals surface area (Å²) in [6.45, 7) is 5.06. The lowest BCUT2D eigenvalue weighted by Gasteiger charge is -2.17. The minimum absolute atomic E-state index is 0.152. The molecule has 0 saturated heterocycles. The highest BCUT2D eigenvalue weighted by atomic mass is 32.2. The zero-order chi connectivity index (χ0) is 15.0. The first-order chi connectivity index (χ1) is 9.58. The van der Waals surface area contributed by atoms with E-state index in [1.54, 1.807) is 7.11 Å². The molecule has 114 valence electrons. The molecule has 0 heterocycles. The van der Waals surface area contributed by atoms with E-state index in [0.29, 0.717) is 24.0 Å². The van der Waals surface area contributed by atoms with Crippen LogP contribution in [0.5, 0.6) is 0 Å². The van der Waals surface area contributed by atoms with Gasteiger partial charge in [0.15, 0.2) is 0 Å². The zero-order valence-corrected chi connectivity index (χ0v) is 13.8. The van der Waals surface area contributed by atoms with Crippen LogP contribution in [0.25, 0.3) is 0 Å². The van der Waals surface area contributed by atoms with Crippen molar-refractivity contribution in [1.29, 1.82) is 0 Å². The molecule has 0 aliphatic carbocycles. The predicted octanol–water partition coefficient (Wildman–Crippen LogP) is 2.86. The first-order valence-electron chi connectivity index (χ1n) is 7.19. The summed E-state index contributed by atoms with van der Waals surface area (Å²) in [5.41, 5.74) is 2.54. The third-order valence-electron chi connectivity index (χ3n) is 3.43. The van der Waals surface area contributed by atoms with Gasteiger partial charge in [0.25, 0.3) is 0 Å². The van der Waals surface area contributed by atoms with E-state index >= 15 is 0 Å². The third kappa shape index (κ3) is 5.73. The van der Waals surface area contributed by atoms with Crippen LogP contribution in [0.2, 0.25) is 0 Å². The van der Waals surface area contributed by atoms with Gasteiger partial charge in [-0.1, -0.05) is 38.1 Å². The summed E-state index contributed by atoms with van der Waals surface area (Å²) in [5.74, 6) is 1.90. The quantitative estimate of drug-likeness (QED) is 0.712. The summed E-state index contributed by atoms with van der Waals surface area (Å²) in [6.07, 6.45) is 0.853. The Balaban J connectivity index is 2.59. The average molecular weight is 297 g/mol. The van der Waals surface area contributed by atoms with Gasteiger partial charge in [0.1, 0.15) is 0 Å². The van der Waals surface area contributed by atoms with Gasteiger partial charge < -0.3 is 10.1 Å². The van der Waals surface area contributed by atoms with Gasteiger partial charge in [-0.2, -0.15) is 0 Å². The molecule has 0 radical (unpaired) electrons. The van der Waals surface area contributed by atoms with Crippen molar-refractivity contribution in [3.63, 3.8) is 0 Å². The van der Waals surface area contributed by atoms with Crippen molar-refractivity contribution in [3.05, 3.63) is 35.4 Å². The molecule has 0 aromatic heterocycles. The normalized spacial score (nSPS) is 14.4. The summed E-state index contributed by atoms with van der Waals surface area (Å²) in [4.78, 5) is 0. The van der Waals surface area contributed by atoms with Gasteiger partial charge in [0.05, 0.1) is 0 Å². The minimum atomic E-state index is -0.809. The summed E-state index contributed by atoms with van der Waals surface area (Å²) in [5, 5.41) is 3.26. The number of nitrogens with one attached hydrogen (secondary N) is 1. The van der Waals surface area contributed by atoms with Gasteiger partial charge in [-0.15, -0.1) is 0 Å². The Bertz CT molecular complexity index is 403. The molecule has 2 atom stereocenters. The van der Waals surface area contributed by atoms with Crippen molar-refractivity contribution in [3.8, 4) is 0 Å². The van der Waals surface area contributed by atoms with Crippen LogP contribution in [0.1, 0.15) is 43.4 Å². The molecule has 1 rings (SSSR count). The van der Waals surface area contributed by atoms with E-state index in [1.807, 2.05) is 7.05 Å².